The lowest BCUT2D eigenvalue weighted by atomic mass is 10.0. The van der Waals surface area contributed by atoms with Crippen molar-refractivity contribution in [3.8, 4) is 0 Å². The van der Waals surface area contributed by atoms with Gasteiger partial charge in [-0.2, -0.15) is 0 Å². The molecule has 2 atom stereocenters. The van der Waals surface area contributed by atoms with Crippen molar-refractivity contribution in [2.24, 2.45) is 5.73 Å². The lowest BCUT2D eigenvalue weighted by Gasteiger charge is -2.15. The van der Waals surface area contributed by atoms with Gasteiger partial charge >= 0.3 is 0 Å². The Morgan fingerprint density at radius 1 is 1.33 bits per heavy atom. The lowest BCUT2D eigenvalue weighted by Crippen LogP contribution is -2.33. The first-order chi connectivity index (χ1) is 7.06. The van der Waals surface area contributed by atoms with E-state index in [9.17, 15) is 15.0 Å². The van der Waals surface area contributed by atoms with Crippen LogP contribution in [0.1, 0.15) is 11.7 Å². The molecular weight excluding hydrogens is 214 g/mol. The van der Waals surface area contributed by atoms with E-state index in [1.165, 1.54) is 0 Å². The first kappa shape index (κ1) is 12.0. The Morgan fingerprint density at radius 2 is 1.87 bits per heavy atom. The van der Waals surface area contributed by atoms with Crippen LogP contribution in [0.25, 0.3) is 0 Å². The number of carbonyl (C=O) groups is 1. The molecule has 0 heterocycles. The zero-order valence-electron chi connectivity index (χ0n) is 8.25. The van der Waals surface area contributed by atoms with Crippen LogP contribution in [0.3, 0.4) is 0 Å². The average molecular weight is 227 g/mol. The SMILES string of the molecule is CSc1ccc(C(O)C(O)C(N)=O)cc1. The molecule has 1 amide bonds. The Bertz CT molecular complexity index is 339. The molecule has 1 aromatic carbocycles. The number of amides is 1. The fourth-order valence-electron chi connectivity index (χ4n) is 1.14. The summed E-state index contributed by atoms with van der Waals surface area (Å²) in [6.07, 6.45) is -0.896. The van der Waals surface area contributed by atoms with Crippen molar-refractivity contribution in [3.63, 3.8) is 0 Å². The predicted octanol–water partition coefficient (Wildman–Crippen LogP) is 0.288. The molecule has 4 nitrogen and oxygen atoms in total. The van der Waals surface area contributed by atoms with Crippen molar-refractivity contribution in [1.82, 2.24) is 0 Å². The molecule has 1 rings (SSSR count). The average Bonchev–Trinajstić information content (AvgIpc) is 2.27. The van der Waals surface area contributed by atoms with Crippen LogP contribution in [0.15, 0.2) is 29.2 Å². The molecule has 0 saturated carbocycles. The summed E-state index contributed by atoms with van der Waals surface area (Å²) in [5.41, 5.74) is 5.35. The third-order valence-electron chi connectivity index (χ3n) is 2.05. The maximum absolute atomic E-state index is 10.6. The number of rotatable bonds is 4. The fourth-order valence-corrected chi connectivity index (χ4v) is 1.55. The molecular formula is C10H13NO3S. The zero-order valence-corrected chi connectivity index (χ0v) is 9.07. The minimum atomic E-state index is -1.56. The maximum Gasteiger partial charge on any atom is 0.249 e. The number of benzene rings is 1. The molecule has 5 heteroatoms. The van der Waals surface area contributed by atoms with Crippen LogP contribution in [0.2, 0.25) is 0 Å². The van der Waals surface area contributed by atoms with Gasteiger partial charge in [0.2, 0.25) is 5.91 Å². The van der Waals surface area contributed by atoms with E-state index < -0.39 is 18.1 Å². The molecule has 0 aliphatic heterocycles. The van der Waals surface area contributed by atoms with Gasteiger partial charge in [0.05, 0.1) is 0 Å². The van der Waals surface area contributed by atoms with Crippen LogP contribution in [-0.4, -0.2) is 28.5 Å². The lowest BCUT2D eigenvalue weighted by molar-refractivity contribution is -0.131. The van der Waals surface area contributed by atoms with Gasteiger partial charge in [0.25, 0.3) is 0 Å². The topological polar surface area (TPSA) is 83.6 Å². The van der Waals surface area contributed by atoms with E-state index in [1.54, 1.807) is 36.0 Å². The molecule has 4 N–H and O–H groups in total. The van der Waals surface area contributed by atoms with E-state index >= 15 is 0 Å². The molecule has 0 saturated heterocycles. The molecule has 0 radical (unpaired) electrons. The number of hydrogen-bond donors (Lipinski definition) is 3. The third-order valence-corrected chi connectivity index (χ3v) is 2.79. The van der Waals surface area contributed by atoms with Gasteiger partial charge in [-0.15, -0.1) is 11.8 Å². The van der Waals surface area contributed by atoms with E-state index in [2.05, 4.69) is 0 Å². The van der Waals surface area contributed by atoms with Gasteiger partial charge in [-0.05, 0) is 24.0 Å². The quantitative estimate of drug-likeness (QED) is 0.645. The van der Waals surface area contributed by atoms with Crippen LogP contribution in [0.4, 0.5) is 0 Å². The number of thioether (sulfide) groups is 1. The van der Waals surface area contributed by atoms with E-state index in [-0.39, 0.29) is 0 Å². The Balaban J connectivity index is 2.82. The molecule has 0 aliphatic carbocycles. The van der Waals surface area contributed by atoms with E-state index in [1.807, 2.05) is 6.26 Å². The molecule has 0 aromatic heterocycles. The molecule has 0 fully saturated rings. The summed E-state index contributed by atoms with van der Waals surface area (Å²) in [5, 5.41) is 18.8. The van der Waals surface area contributed by atoms with Crippen molar-refractivity contribution < 1.29 is 15.0 Å². The van der Waals surface area contributed by atoms with Gasteiger partial charge in [0.1, 0.15) is 6.10 Å². The second-order valence-corrected chi connectivity index (χ2v) is 3.94. The molecule has 15 heavy (non-hydrogen) atoms. The van der Waals surface area contributed by atoms with Crippen molar-refractivity contribution in [3.05, 3.63) is 29.8 Å². The van der Waals surface area contributed by atoms with E-state index in [4.69, 9.17) is 5.73 Å². The second kappa shape index (κ2) is 5.16. The highest BCUT2D eigenvalue weighted by molar-refractivity contribution is 7.98. The molecule has 0 bridgehead atoms. The number of hydrogen-bond acceptors (Lipinski definition) is 4. The van der Waals surface area contributed by atoms with Gasteiger partial charge in [0.15, 0.2) is 6.10 Å². The minimum absolute atomic E-state index is 0.471. The summed E-state index contributed by atoms with van der Waals surface area (Å²) in [6, 6.07) is 6.92. The number of nitrogens with two attached hydrogens (primary N) is 1. The Labute approximate surface area is 92.1 Å². The van der Waals surface area contributed by atoms with Gasteiger partial charge in [-0.1, -0.05) is 12.1 Å². The molecule has 82 valence electrons. The Morgan fingerprint density at radius 3 is 2.27 bits per heavy atom. The van der Waals surface area contributed by atoms with E-state index in [0.29, 0.717) is 5.56 Å². The van der Waals surface area contributed by atoms with Crippen LogP contribution in [-0.2, 0) is 4.79 Å². The monoisotopic (exact) mass is 227 g/mol. The fraction of sp³-hybridized carbons (Fsp3) is 0.300. The van der Waals surface area contributed by atoms with Crippen molar-refractivity contribution >= 4 is 17.7 Å². The highest BCUT2D eigenvalue weighted by Crippen LogP contribution is 2.21. The number of aliphatic hydroxyl groups excluding tert-OH is 2. The summed E-state index contributed by atoms with van der Waals surface area (Å²) < 4.78 is 0. The number of primary amides is 1. The highest BCUT2D eigenvalue weighted by Gasteiger charge is 2.22. The Kier molecular flexibility index (Phi) is 4.14. The molecule has 0 spiro atoms. The normalized spacial score (nSPS) is 14.6. The van der Waals surface area contributed by atoms with Gasteiger partial charge in [0, 0.05) is 4.90 Å². The predicted molar refractivity (Wildman–Crippen MR) is 58.4 cm³/mol. The van der Waals surface area contributed by atoms with Gasteiger partial charge < -0.3 is 15.9 Å². The maximum atomic E-state index is 10.6. The smallest absolute Gasteiger partial charge is 0.249 e. The van der Waals surface area contributed by atoms with Crippen LogP contribution in [0.5, 0.6) is 0 Å². The van der Waals surface area contributed by atoms with Crippen molar-refractivity contribution in [1.29, 1.82) is 0 Å². The second-order valence-electron chi connectivity index (χ2n) is 3.07. The van der Waals surface area contributed by atoms with Crippen LogP contribution < -0.4 is 5.73 Å². The first-order valence-corrected chi connectivity index (χ1v) is 5.58. The molecule has 2 unspecified atom stereocenters. The number of carbonyl (C=O) groups excluding carboxylic acids is 1. The first-order valence-electron chi connectivity index (χ1n) is 4.35. The zero-order chi connectivity index (χ0) is 11.4. The standard InChI is InChI=1S/C10H13NO3S/c1-15-7-4-2-6(3-5-7)8(12)9(13)10(11)14/h2-5,8-9,12-13H,1H3,(H2,11,14). The minimum Gasteiger partial charge on any atom is -0.385 e. The van der Waals surface area contributed by atoms with Crippen LogP contribution >= 0.6 is 11.8 Å². The van der Waals surface area contributed by atoms with Crippen molar-refractivity contribution in [2.45, 2.75) is 17.1 Å². The molecule has 1 aromatic rings. The summed E-state index contributed by atoms with van der Waals surface area (Å²) in [5.74, 6) is -0.934. The van der Waals surface area contributed by atoms with E-state index in [0.717, 1.165) is 4.90 Å². The summed E-state index contributed by atoms with van der Waals surface area (Å²) >= 11 is 1.57. The summed E-state index contributed by atoms with van der Waals surface area (Å²) in [7, 11) is 0. The van der Waals surface area contributed by atoms with Gasteiger partial charge in [-0.3, -0.25) is 4.79 Å². The summed E-state index contributed by atoms with van der Waals surface area (Å²) in [6.45, 7) is 0. The highest BCUT2D eigenvalue weighted by atomic mass is 32.2. The Hall–Kier alpha value is -1.04. The molecule has 0 aliphatic rings. The third kappa shape index (κ3) is 2.95. The van der Waals surface area contributed by atoms with Crippen molar-refractivity contribution in [2.75, 3.05) is 6.26 Å². The van der Waals surface area contributed by atoms with Crippen LogP contribution in [0, 0.1) is 0 Å². The van der Waals surface area contributed by atoms with Gasteiger partial charge in [-0.25, -0.2) is 0 Å². The number of aliphatic hydroxyl groups is 2. The largest absolute Gasteiger partial charge is 0.385 e. The summed E-state index contributed by atoms with van der Waals surface area (Å²) in [4.78, 5) is 11.7.